The first kappa shape index (κ1) is 10.8. The SMILES string of the molecule is CCCc1cccc(-c2ccc(C)nc2)n1. The van der Waals surface area contributed by atoms with Crippen LogP contribution in [0.4, 0.5) is 0 Å². The number of aromatic nitrogens is 2. The van der Waals surface area contributed by atoms with Gasteiger partial charge in [0.15, 0.2) is 0 Å². The summed E-state index contributed by atoms with van der Waals surface area (Å²) >= 11 is 0. The molecule has 2 nitrogen and oxygen atoms in total. The van der Waals surface area contributed by atoms with Crippen LogP contribution in [0.3, 0.4) is 0 Å². The van der Waals surface area contributed by atoms with Gasteiger partial charge >= 0.3 is 0 Å². The summed E-state index contributed by atoms with van der Waals surface area (Å²) in [5, 5.41) is 0. The number of pyridine rings is 2. The van der Waals surface area contributed by atoms with Gasteiger partial charge in [-0.3, -0.25) is 9.97 Å². The van der Waals surface area contributed by atoms with Crippen LogP contribution in [0.2, 0.25) is 0 Å². The molecule has 0 spiro atoms. The molecule has 0 saturated carbocycles. The lowest BCUT2D eigenvalue weighted by Gasteiger charge is -2.03. The third-order valence-electron chi connectivity index (χ3n) is 2.52. The zero-order valence-corrected chi connectivity index (χ0v) is 9.77. The molecule has 2 aromatic rings. The zero-order chi connectivity index (χ0) is 11.4. The van der Waals surface area contributed by atoms with E-state index < -0.39 is 0 Å². The summed E-state index contributed by atoms with van der Waals surface area (Å²) in [6, 6.07) is 10.3. The Morgan fingerprint density at radius 1 is 1.12 bits per heavy atom. The van der Waals surface area contributed by atoms with Crippen molar-refractivity contribution in [3.05, 3.63) is 47.9 Å². The second kappa shape index (κ2) is 4.88. The molecule has 2 heterocycles. The van der Waals surface area contributed by atoms with Gasteiger partial charge < -0.3 is 0 Å². The van der Waals surface area contributed by atoms with E-state index in [1.165, 1.54) is 0 Å². The highest BCUT2D eigenvalue weighted by molar-refractivity contribution is 5.57. The lowest BCUT2D eigenvalue weighted by molar-refractivity contribution is 0.884. The van der Waals surface area contributed by atoms with Gasteiger partial charge in [0.2, 0.25) is 0 Å². The highest BCUT2D eigenvalue weighted by Gasteiger charge is 2.00. The Morgan fingerprint density at radius 2 is 2.00 bits per heavy atom. The van der Waals surface area contributed by atoms with Gasteiger partial charge in [0, 0.05) is 23.1 Å². The van der Waals surface area contributed by atoms with Crippen LogP contribution in [0.25, 0.3) is 11.3 Å². The predicted molar refractivity (Wildman–Crippen MR) is 66.2 cm³/mol. The smallest absolute Gasteiger partial charge is 0.0720 e. The normalized spacial score (nSPS) is 10.4. The Labute approximate surface area is 96.4 Å². The third-order valence-corrected chi connectivity index (χ3v) is 2.52. The Morgan fingerprint density at radius 3 is 2.69 bits per heavy atom. The van der Waals surface area contributed by atoms with Gasteiger partial charge in [-0.05, 0) is 37.6 Å². The molecule has 2 heteroatoms. The quantitative estimate of drug-likeness (QED) is 0.779. The maximum absolute atomic E-state index is 4.62. The number of hydrogen-bond donors (Lipinski definition) is 0. The van der Waals surface area contributed by atoms with Crippen LogP contribution in [0.15, 0.2) is 36.5 Å². The molecule has 0 bridgehead atoms. The number of hydrogen-bond acceptors (Lipinski definition) is 2. The van der Waals surface area contributed by atoms with Crippen molar-refractivity contribution in [3.8, 4) is 11.3 Å². The van der Waals surface area contributed by atoms with E-state index in [4.69, 9.17) is 0 Å². The van der Waals surface area contributed by atoms with Crippen molar-refractivity contribution in [3.63, 3.8) is 0 Å². The minimum absolute atomic E-state index is 1.01. The van der Waals surface area contributed by atoms with Crippen LogP contribution in [0.5, 0.6) is 0 Å². The van der Waals surface area contributed by atoms with E-state index in [0.717, 1.165) is 35.5 Å². The molecule has 16 heavy (non-hydrogen) atoms. The first-order valence-corrected chi connectivity index (χ1v) is 5.68. The first-order chi connectivity index (χ1) is 7.79. The van der Waals surface area contributed by atoms with Gasteiger partial charge in [0.05, 0.1) is 5.69 Å². The number of aryl methyl sites for hydroxylation is 2. The second-order valence-corrected chi connectivity index (χ2v) is 3.95. The van der Waals surface area contributed by atoms with Crippen LogP contribution in [0, 0.1) is 6.92 Å². The maximum Gasteiger partial charge on any atom is 0.0720 e. The summed E-state index contributed by atoms with van der Waals surface area (Å²) in [5.41, 5.74) is 4.29. The van der Waals surface area contributed by atoms with Crippen LogP contribution >= 0.6 is 0 Å². The molecule has 82 valence electrons. The van der Waals surface area contributed by atoms with Gasteiger partial charge in [-0.1, -0.05) is 19.4 Å². The van der Waals surface area contributed by atoms with Crippen molar-refractivity contribution >= 4 is 0 Å². The Hall–Kier alpha value is -1.70. The molecule has 0 fully saturated rings. The van der Waals surface area contributed by atoms with Gasteiger partial charge in [-0.15, -0.1) is 0 Å². The van der Waals surface area contributed by atoms with E-state index in [9.17, 15) is 0 Å². The average Bonchev–Trinajstić information content (AvgIpc) is 2.31. The first-order valence-electron chi connectivity index (χ1n) is 5.68. The van der Waals surface area contributed by atoms with Crippen LogP contribution in [-0.2, 0) is 6.42 Å². The van der Waals surface area contributed by atoms with Crippen molar-refractivity contribution in [1.29, 1.82) is 0 Å². The Bertz CT molecular complexity index is 460. The summed E-state index contributed by atoms with van der Waals surface area (Å²) in [6.07, 6.45) is 4.04. The molecule has 0 saturated heterocycles. The van der Waals surface area contributed by atoms with Gasteiger partial charge in [-0.25, -0.2) is 0 Å². The standard InChI is InChI=1S/C14H16N2/c1-3-5-13-6-4-7-14(16-13)12-9-8-11(2)15-10-12/h4,6-10H,3,5H2,1-2H3. The van der Waals surface area contributed by atoms with Crippen molar-refractivity contribution in [2.24, 2.45) is 0 Å². The average molecular weight is 212 g/mol. The lowest BCUT2D eigenvalue weighted by atomic mass is 10.1. The Kier molecular flexibility index (Phi) is 3.30. The summed E-state index contributed by atoms with van der Waals surface area (Å²) in [4.78, 5) is 8.91. The van der Waals surface area contributed by atoms with Crippen LogP contribution in [-0.4, -0.2) is 9.97 Å². The van der Waals surface area contributed by atoms with Crippen LogP contribution < -0.4 is 0 Å². The van der Waals surface area contributed by atoms with Crippen molar-refractivity contribution in [2.45, 2.75) is 26.7 Å². The van der Waals surface area contributed by atoms with Crippen molar-refractivity contribution in [1.82, 2.24) is 9.97 Å². The van der Waals surface area contributed by atoms with Gasteiger partial charge in [-0.2, -0.15) is 0 Å². The van der Waals surface area contributed by atoms with E-state index in [1.54, 1.807) is 0 Å². The van der Waals surface area contributed by atoms with E-state index in [1.807, 2.05) is 25.3 Å². The van der Waals surface area contributed by atoms with Crippen molar-refractivity contribution < 1.29 is 0 Å². The Balaban J connectivity index is 2.32. The molecule has 0 N–H and O–H groups in total. The third kappa shape index (κ3) is 2.45. The van der Waals surface area contributed by atoms with Gasteiger partial charge in [0.25, 0.3) is 0 Å². The van der Waals surface area contributed by atoms with Crippen LogP contribution in [0.1, 0.15) is 24.7 Å². The highest BCUT2D eigenvalue weighted by Crippen LogP contribution is 2.16. The van der Waals surface area contributed by atoms with E-state index in [2.05, 4.69) is 35.1 Å². The molecule has 0 aliphatic rings. The largest absolute Gasteiger partial charge is 0.261 e. The fraction of sp³-hybridized carbons (Fsp3) is 0.286. The fourth-order valence-electron chi connectivity index (χ4n) is 1.66. The number of rotatable bonds is 3. The molecular weight excluding hydrogens is 196 g/mol. The molecule has 2 rings (SSSR count). The minimum Gasteiger partial charge on any atom is -0.261 e. The molecular formula is C14H16N2. The predicted octanol–water partition coefficient (Wildman–Crippen LogP) is 3.40. The molecule has 2 aromatic heterocycles. The molecule has 0 aliphatic carbocycles. The molecule has 0 amide bonds. The summed E-state index contributed by atoms with van der Waals surface area (Å²) < 4.78 is 0. The van der Waals surface area contributed by atoms with Crippen molar-refractivity contribution in [2.75, 3.05) is 0 Å². The zero-order valence-electron chi connectivity index (χ0n) is 9.77. The fourth-order valence-corrected chi connectivity index (χ4v) is 1.66. The van der Waals surface area contributed by atoms with E-state index >= 15 is 0 Å². The minimum atomic E-state index is 1.01. The monoisotopic (exact) mass is 212 g/mol. The summed E-state index contributed by atoms with van der Waals surface area (Å²) in [5.74, 6) is 0. The lowest BCUT2D eigenvalue weighted by Crippen LogP contribution is -1.92. The molecule has 0 aliphatic heterocycles. The highest BCUT2D eigenvalue weighted by atomic mass is 14.7. The number of nitrogens with zero attached hydrogens (tertiary/aromatic N) is 2. The second-order valence-electron chi connectivity index (χ2n) is 3.95. The van der Waals surface area contributed by atoms with E-state index in [-0.39, 0.29) is 0 Å². The molecule has 0 aromatic carbocycles. The topological polar surface area (TPSA) is 25.8 Å². The summed E-state index contributed by atoms with van der Waals surface area (Å²) in [7, 11) is 0. The van der Waals surface area contributed by atoms with E-state index in [0.29, 0.717) is 0 Å². The molecule has 0 unspecified atom stereocenters. The van der Waals surface area contributed by atoms with Gasteiger partial charge in [0.1, 0.15) is 0 Å². The summed E-state index contributed by atoms with van der Waals surface area (Å²) in [6.45, 7) is 4.16. The molecule has 0 radical (unpaired) electrons. The molecule has 0 atom stereocenters. The maximum atomic E-state index is 4.62.